The molecule has 0 saturated carbocycles. The zero-order chi connectivity index (χ0) is 13.4. The van der Waals surface area contributed by atoms with E-state index < -0.39 is 0 Å². The van der Waals surface area contributed by atoms with Crippen molar-refractivity contribution in [3.05, 3.63) is 35.6 Å². The summed E-state index contributed by atoms with van der Waals surface area (Å²) in [6.45, 7) is 4.47. The lowest BCUT2D eigenvalue weighted by Crippen LogP contribution is -2.03. The summed E-state index contributed by atoms with van der Waals surface area (Å²) < 4.78 is 7.12. The van der Waals surface area contributed by atoms with Gasteiger partial charge in [0.05, 0.1) is 17.5 Å². The highest BCUT2D eigenvalue weighted by molar-refractivity contribution is 5.85. The van der Waals surface area contributed by atoms with Crippen molar-refractivity contribution < 1.29 is 4.52 Å². The Balaban J connectivity index is 1.90. The lowest BCUT2D eigenvalue weighted by Gasteiger charge is -2.05. The van der Waals surface area contributed by atoms with Crippen LogP contribution < -0.4 is 5.32 Å². The fraction of sp³-hybridized carbons (Fsp3) is 0.308. The topological polar surface area (TPSA) is 68.8 Å². The summed E-state index contributed by atoms with van der Waals surface area (Å²) in [7, 11) is 1.97. The number of pyridine rings is 1. The molecule has 0 bridgehead atoms. The highest BCUT2D eigenvalue weighted by Crippen LogP contribution is 2.20. The molecule has 0 spiro atoms. The van der Waals surface area contributed by atoms with Gasteiger partial charge in [0.2, 0.25) is 0 Å². The Hall–Kier alpha value is -2.37. The summed E-state index contributed by atoms with van der Waals surface area (Å²) in [6, 6.07) is 1.95. The Morgan fingerprint density at radius 1 is 1.32 bits per heavy atom. The van der Waals surface area contributed by atoms with Crippen LogP contribution in [0, 0.1) is 13.8 Å². The molecule has 0 unspecified atom stereocenters. The molecular weight excluding hydrogens is 242 g/mol. The van der Waals surface area contributed by atoms with Crippen molar-refractivity contribution in [3.8, 4) is 0 Å². The van der Waals surface area contributed by atoms with E-state index in [0.29, 0.717) is 6.54 Å². The maximum atomic E-state index is 5.15. The van der Waals surface area contributed by atoms with Crippen molar-refractivity contribution in [1.29, 1.82) is 0 Å². The molecule has 98 valence electrons. The van der Waals surface area contributed by atoms with Crippen LogP contribution >= 0.6 is 0 Å². The van der Waals surface area contributed by atoms with Crippen molar-refractivity contribution in [2.45, 2.75) is 20.4 Å². The first-order valence-electron chi connectivity index (χ1n) is 6.08. The Kier molecular flexibility index (Phi) is 2.70. The number of hydrogen-bond acceptors (Lipinski definition) is 5. The van der Waals surface area contributed by atoms with Crippen molar-refractivity contribution in [2.75, 3.05) is 5.32 Å². The normalized spacial score (nSPS) is 11.1. The highest BCUT2D eigenvalue weighted by Gasteiger charge is 2.11. The molecular formula is C13H15N5O. The standard InChI is InChI=1S/C13H15N5O/c1-8-10(9(2)19-17-8)6-15-13-12-11(4-5-14-13)18(3)7-16-12/h4-5,7H,6H2,1-3H3,(H,14,15). The summed E-state index contributed by atoms with van der Waals surface area (Å²) in [4.78, 5) is 8.70. The monoisotopic (exact) mass is 257 g/mol. The molecule has 0 aliphatic rings. The Bertz CT molecular complexity index is 708. The van der Waals surface area contributed by atoms with Gasteiger partial charge in [-0.05, 0) is 19.9 Å². The third kappa shape index (κ3) is 1.95. The van der Waals surface area contributed by atoms with E-state index in [9.17, 15) is 0 Å². The van der Waals surface area contributed by atoms with Crippen LogP contribution in [0.15, 0.2) is 23.1 Å². The average molecular weight is 257 g/mol. The second-order valence-corrected chi connectivity index (χ2v) is 4.54. The van der Waals surface area contributed by atoms with Gasteiger partial charge in [-0.15, -0.1) is 0 Å². The van der Waals surface area contributed by atoms with Crippen LogP contribution in [0.5, 0.6) is 0 Å². The largest absolute Gasteiger partial charge is 0.364 e. The second kappa shape index (κ2) is 4.38. The number of anilines is 1. The van der Waals surface area contributed by atoms with Crippen molar-refractivity contribution in [3.63, 3.8) is 0 Å². The van der Waals surface area contributed by atoms with Crippen LogP contribution in [0.4, 0.5) is 5.82 Å². The number of nitrogens with one attached hydrogen (secondary N) is 1. The zero-order valence-electron chi connectivity index (χ0n) is 11.1. The summed E-state index contributed by atoms with van der Waals surface area (Å²) in [5.74, 6) is 1.61. The SMILES string of the molecule is Cc1noc(C)c1CNc1nccc2c1ncn2C. The molecule has 3 rings (SSSR count). The maximum Gasteiger partial charge on any atom is 0.154 e. The summed E-state index contributed by atoms with van der Waals surface area (Å²) in [5.41, 5.74) is 3.89. The quantitative estimate of drug-likeness (QED) is 0.778. The first-order valence-corrected chi connectivity index (χ1v) is 6.08. The number of aromatic nitrogens is 4. The number of aryl methyl sites for hydroxylation is 3. The molecule has 0 saturated heterocycles. The predicted molar refractivity (Wildman–Crippen MR) is 71.8 cm³/mol. The van der Waals surface area contributed by atoms with Gasteiger partial charge >= 0.3 is 0 Å². The molecule has 0 aliphatic carbocycles. The van der Waals surface area contributed by atoms with Crippen LogP contribution in [0.2, 0.25) is 0 Å². The van der Waals surface area contributed by atoms with Gasteiger partial charge in [-0.25, -0.2) is 9.97 Å². The first kappa shape index (κ1) is 11.7. The smallest absolute Gasteiger partial charge is 0.154 e. The van der Waals surface area contributed by atoms with Crippen LogP contribution in [0.3, 0.4) is 0 Å². The zero-order valence-corrected chi connectivity index (χ0v) is 11.1. The summed E-state index contributed by atoms with van der Waals surface area (Å²) in [5, 5.41) is 7.24. The third-order valence-corrected chi connectivity index (χ3v) is 3.26. The minimum Gasteiger partial charge on any atom is -0.364 e. The molecule has 0 amide bonds. The van der Waals surface area contributed by atoms with E-state index >= 15 is 0 Å². The van der Waals surface area contributed by atoms with E-state index in [-0.39, 0.29) is 0 Å². The van der Waals surface area contributed by atoms with E-state index in [1.165, 1.54) is 0 Å². The molecule has 0 fully saturated rings. The van der Waals surface area contributed by atoms with Crippen LogP contribution in [0.1, 0.15) is 17.0 Å². The van der Waals surface area contributed by atoms with E-state index in [1.807, 2.05) is 31.5 Å². The van der Waals surface area contributed by atoms with Gasteiger partial charge in [0.25, 0.3) is 0 Å². The number of fused-ring (bicyclic) bond motifs is 1. The van der Waals surface area contributed by atoms with Gasteiger partial charge < -0.3 is 14.4 Å². The van der Waals surface area contributed by atoms with E-state index in [4.69, 9.17) is 4.52 Å². The third-order valence-electron chi connectivity index (χ3n) is 3.26. The predicted octanol–water partition coefficient (Wildman–Crippen LogP) is 2.19. The van der Waals surface area contributed by atoms with Crippen molar-refractivity contribution >= 4 is 16.9 Å². The average Bonchev–Trinajstić information content (AvgIpc) is 2.93. The molecule has 6 nitrogen and oxygen atoms in total. The molecule has 0 atom stereocenters. The van der Waals surface area contributed by atoms with Crippen molar-refractivity contribution in [1.82, 2.24) is 19.7 Å². The number of imidazole rings is 1. The summed E-state index contributed by atoms with van der Waals surface area (Å²) >= 11 is 0. The minimum absolute atomic E-state index is 0.629. The van der Waals surface area contributed by atoms with Gasteiger partial charge in [0, 0.05) is 25.4 Å². The van der Waals surface area contributed by atoms with E-state index in [0.717, 1.165) is 33.9 Å². The Morgan fingerprint density at radius 3 is 2.89 bits per heavy atom. The van der Waals surface area contributed by atoms with Gasteiger partial charge in [-0.3, -0.25) is 0 Å². The fourth-order valence-corrected chi connectivity index (χ4v) is 2.12. The molecule has 3 heterocycles. The van der Waals surface area contributed by atoms with Crippen LogP contribution in [-0.4, -0.2) is 19.7 Å². The summed E-state index contributed by atoms with van der Waals surface area (Å²) in [6.07, 6.45) is 3.56. The van der Waals surface area contributed by atoms with E-state index in [1.54, 1.807) is 12.5 Å². The van der Waals surface area contributed by atoms with Crippen molar-refractivity contribution in [2.24, 2.45) is 7.05 Å². The lowest BCUT2D eigenvalue weighted by atomic mass is 10.2. The van der Waals surface area contributed by atoms with Gasteiger partial charge in [0.15, 0.2) is 5.82 Å². The molecule has 19 heavy (non-hydrogen) atoms. The Morgan fingerprint density at radius 2 is 2.16 bits per heavy atom. The van der Waals surface area contributed by atoms with Crippen LogP contribution in [-0.2, 0) is 13.6 Å². The maximum absolute atomic E-state index is 5.15. The number of nitrogens with zero attached hydrogens (tertiary/aromatic N) is 4. The second-order valence-electron chi connectivity index (χ2n) is 4.54. The van der Waals surface area contributed by atoms with Crippen LogP contribution in [0.25, 0.3) is 11.0 Å². The molecule has 3 aromatic rings. The van der Waals surface area contributed by atoms with Gasteiger partial charge in [0.1, 0.15) is 11.3 Å². The van der Waals surface area contributed by atoms with Gasteiger partial charge in [-0.2, -0.15) is 0 Å². The highest BCUT2D eigenvalue weighted by atomic mass is 16.5. The molecule has 0 aromatic carbocycles. The Labute approximate surface area is 110 Å². The lowest BCUT2D eigenvalue weighted by molar-refractivity contribution is 0.392. The number of hydrogen-bond donors (Lipinski definition) is 1. The first-order chi connectivity index (χ1) is 9.16. The molecule has 1 N–H and O–H groups in total. The molecule has 6 heteroatoms. The molecule has 3 aromatic heterocycles. The number of rotatable bonds is 3. The molecule has 0 radical (unpaired) electrons. The minimum atomic E-state index is 0.629. The fourth-order valence-electron chi connectivity index (χ4n) is 2.12. The molecule has 0 aliphatic heterocycles. The van der Waals surface area contributed by atoms with E-state index in [2.05, 4.69) is 20.4 Å². The van der Waals surface area contributed by atoms with Gasteiger partial charge in [-0.1, -0.05) is 5.16 Å².